The van der Waals surface area contributed by atoms with Crippen LogP contribution in [-0.4, -0.2) is 66.1 Å². The fourth-order valence-corrected chi connectivity index (χ4v) is 9.48. The molecule has 0 saturated heterocycles. The van der Waals surface area contributed by atoms with Gasteiger partial charge in [0.2, 0.25) is 0 Å². The molecular formula is C26H43CaO4+. The summed E-state index contributed by atoms with van der Waals surface area (Å²) in [7, 11) is 0. The quantitative estimate of drug-likeness (QED) is 0.618. The van der Waals surface area contributed by atoms with Gasteiger partial charge in [0.05, 0.1) is 12.2 Å². The molecule has 0 spiro atoms. The molecule has 0 bridgehead atoms. The van der Waals surface area contributed by atoms with E-state index in [1.54, 1.807) is 0 Å². The molecule has 4 fully saturated rings. The summed E-state index contributed by atoms with van der Waals surface area (Å²) < 4.78 is 0. The fraction of sp³-hybridized carbons (Fsp3) is 0.962. The second-order valence-corrected chi connectivity index (χ2v) is 12.0. The van der Waals surface area contributed by atoms with Gasteiger partial charge in [0.1, 0.15) is 0 Å². The zero-order valence-electron chi connectivity index (χ0n) is 20.2. The number of carboxylic acid groups (broad SMARTS) is 1. The smallest absolute Gasteiger partial charge is 0.550 e. The maximum Gasteiger partial charge on any atom is 2.00 e. The molecule has 0 aromatic carbocycles. The van der Waals surface area contributed by atoms with Crippen molar-refractivity contribution in [2.75, 3.05) is 0 Å². The van der Waals surface area contributed by atoms with Gasteiger partial charge in [-0.25, -0.2) is 0 Å². The maximum absolute atomic E-state index is 11.7. The number of fused-ring (bicyclic) bond motifs is 5. The van der Waals surface area contributed by atoms with E-state index in [4.69, 9.17) is 0 Å². The first kappa shape index (κ1) is 26.3. The van der Waals surface area contributed by atoms with Crippen molar-refractivity contribution in [3.63, 3.8) is 0 Å². The number of carbonyl (C=O) groups excluding carboxylic acids is 1. The van der Waals surface area contributed by atoms with Crippen molar-refractivity contribution >= 4 is 43.7 Å². The molecule has 0 amide bonds. The van der Waals surface area contributed by atoms with Crippen molar-refractivity contribution in [3.05, 3.63) is 0 Å². The molecule has 11 atom stereocenters. The van der Waals surface area contributed by atoms with E-state index in [-0.39, 0.29) is 67.2 Å². The second kappa shape index (κ2) is 9.72. The minimum Gasteiger partial charge on any atom is -0.550 e. The Kier molecular flexibility index (Phi) is 8.23. The summed E-state index contributed by atoms with van der Waals surface area (Å²) in [5.41, 5.74) is 0.451. The Balaban J connectivity index is 0.00000272. The van der Waals surface area contributed by atoms with E-state index in [1.165, 1.54) is 25.7 Å². The number of hydrogen-bond donors (Lipinski definition) is 2. The summed E-state index contributed by atoms with van der Waals surface area (Å²) in [5.74, 6) is 2.21. The Labute approximate surface area is 218 Å². The van der Waals surface area contributed by atoms with E-state index in [2.05, 4.69) is 27.7 Å². The minimum atomic E-state index is -0.933. The molecule has 5 heteroatoms. The molecule has 0 radical (unpaired) electrons. The molecular weight excluding hydrogens is 416 g/mol. The third-order valence-corrected chi connectivity index (χ3v) is 11.0. The van der Waals surface area contributed by atoms with Crippen LogP contribution in [0.2, 0.25) is 0 Å². The Morgan fingerprint density at radius 3 is 2.32 bits per heavy atom. The Hall–Kier alpha value is 0.650. The molecule has 0 aromatic rings. The first-order valence-electron chi connectivity index (χ1n) is 12.7. The molecule has 4 saturated carbocycles. The predicted molar refractivity (Wildman–Crippen MR) is 121 cm³/mol. The molecule has 0 aliphatic heterocycles. The Bertz CT molecular complexity index is 655. The van der Waals surface area contributed by atoms with Crippen molar-refractivity contribution in [1.82, 2.24) is 0 Å². The van der Waals surface area contributed by atoms with Gasteiger partial charge in [-0.2, -0.15) is 0 Å². The summed E-state index contributed by atoms with van der Waals surface area (Å²) in [4.78, 5) is 11.0. The van der Waals surface area contributed by atoms with Crippen LogP contribution in [0.4, 0.5) is 0 Å². The summed E-state index contributed by atoms with van der Waals surface area (Å²) in [6.07, 6.45) is 8.99. The number of aliphatic hydroxyl groups excluding tert-OH is 2. The van der Waals surface area contributed by atoms with Crippen LogP contribution < -0.4 is 5.11 Å². The largest absolute Gasteiger partial charge is 2.00 e. The Morgan fingerprint density at radius 2 is 1.68 bits per heavy atom. The fourth-order valence-electron chi connectivity index (χ4n) is 9.48. The zero-order chi connectivity index (χ0) is 21.8. The molecule has 172 valence electrons. The molecule has 0 unspecified atom stereocenters. The van der Waals surface area contributed by atoms with Gasteiger partial charge in [-0.05, 0) is 110 Å². The number of aliphatic carboxylic acids is 1. The average Bonchev–Trinajstić information content (AvgIpc) is 3.05. The second-order valence-electron chi connectivity index (χ2n) is 12.0. The topological polar surface area (TPSA) is 80.6 Å². The van der Waals surface area contributed by atoms with Crippen molar-refractivity contribution in [2.45, 2.75) is 104 Å². The maximum atomic E-state index is 11.7. The van der Waals surface area contributed by atoms with Gasteiger partial charge in [-0.1, -0.05) is 34.1 Å². The third-order valence-electron chi connectivity index (χ3n) is 11.0. The van der Waals surface area contributed by atoms with Crippen molar-refractivity contribution in [1.29, 1.82) is 0 Å². The molecule has 31 heavy (non-hydrogen) atoms. The van der Waals surface area contributed by atoms with Gasteiger partial charge in [0.25, 0.3) is 0 Å². The summed E-state index contributed by atoms with van der Waals surface area (Å²) in [6.45, 7) is 9.39. The number of carboxylic acids is 1. The van der Waals surface area contributed by atoms with Crippen molar-refractivity contribution < 1.29 is 20.1 Å². The van der Waals surface area contributed by atoms with Gasteiger partial charge >= 0.3 is 37.7 Å². The molecule has 2 N–H and O–H groups in total. The summed E-state index contributed by atoms with van der Waals surface area (Å²) in [5, 5.41) is 33.1. The van der Waals surface area contributed by atoms with Crippen LogP contribution in [-0.2, 0) is 4.79 Å². The molecule has 0 heterocycles. The molecule has 4 aliphatic rings. The van der Waals surface area contributed by atoms with Gasteiger partial charge in [-0.15, -0.1) is 0 Å². The SMILES string of the molecule is CC[C@H]1[C@@H](O)[C@@H]2[C@H](CC[C@]3(C)[C@@H]([C@H](C)CCC(=O)[O-])CC[C@@H]23)[C@@]2(C)CC[C@@H](O)C[C@@H]12.[Ca+2]. The van der Waals surface area contributed by atoms with E-state index >= 15 is 0 Å². The van der Waals surface area contributed by atoms with Crippen LogP contribution in [0.3, 0.4) is 0 Å². The van der Waals surface area contributed by atoms with Gasteiger partial charge < -0.3 is 20.1 Å². The van der Waals surface area contributed by atoms with E-state index in [1.807, 2.05) is 0 Å². The van der Waals surface area contributed by atoms with E-state index < -0.39 is 5.97 Å². The molecule has 4 rings (SSSR count). The van der Waals surface area contributed by atoms with Gasteiger partial charge in [-0.3, -0.25) is 0 Å². The number of carbonyl (C=O) groups is 1. The molecule has 4 nitrogen and oxygen atoms in total. The first-order valence-corrected chi connectivity index (χ1v) is 12.7. The van der Waals surface area contributed by atoms with Crippen LogP contribution in [0.15, 0.2) is 0 Å². The third kappa shape index (κ3) is 4.28. The predicted octanol–water partition coefficient (Wildman–Crippen LogP) is 3.40. The van der Waals surface area contributed by atoms with Gasteiger partial charge in [0, 0.05) is 5.97 Å². The zero-order valence-corrected chi connectivity index (χ0v) is 22.4. The summed E-state index contributed by atoms with van der Waals surface area (Å²) in [6, 6.07) is 0. The minimum absolute atomic E-state index is 0. The van der Waals surface area contributed by atoms with Crippen LogP contribution in [0.5, 0.6) is 0 Å². The van der Waals surface area contributed by atoms with Crippen LogP contribution in [0.25, 0.3) is 0 Å². The van der Waals surface area contributed by atoms with E-state index in [0.29, 0.717) is 47.8 Å². The number of aliphatic hydroxyl groups is 2. The normalized spacial score (nSPS) is 49.9. The van der Waals surface area contributed by atoms with Gasteiger partial charge in [0.15, 0.2) is 0 Å². The summed E-state index contributed by atoms with van der Waals surface area (Å²) >= 11 is 0. The average molecular weight is 460 g/mol. The Morgan fingerprint density at radius 1 is 1.03 bits per heavy atom. The first-order chi connectivity index (χ1) is 14.1. The number of rotatable bonds is 5. The van der Waals surface area contributed by atoms with E-state index in [9.17, 15) is 20.1 Å². The van der Waals surface area contributed by atoms with Crippen LogP contribution in [0, 0.1) is 52.3 Å². The van der Waals surface area contributed by atoms with Crippen LogP contribution in [0.1, 0.15) is 91.9 Å². The monoisotopic (exact) mass is 459 g/mol. The van der Waals surface area contributed by atoms with Crippen LogP contribution >= 0.6 is 0 Å². The van der Waals surface area contributed by atoms with E-state index in [0.717, 1.165) is 25.7 Å². The molecule has 4 aliphatic carbocycles. The number of hydrogen-bond acceptors (Lipinski definition) is 4. The standard InChI is InChI=1S/C26H44O4.Ca/c1-5-17-21-14-16(27)10-12-26(21,4)20-11-13-25(3)18(15(2)6-9-22(28)29)7-8-19(25)23(20)24(17)30;/h15-21,23-24,27,30H,5-14H2,1-4H3,(H,28,29);/q;+2/p-1/t15-,16-,17-,18-,19+,20+,21+,23+,24-,25-,26-;/m1./s1. The molecule has 0 aromatic heterocycles. The van der Waals surface area contributed by atoms with Crippen molar-refractivity contribution in [2.24, 2.45) is 52.3 Å². The van der Waals surface area contributed by atoms with Crippen molar-refractivity contribution in [3.8, 4) is 0 Å².